The number of nitrogens with zero attached hydrogens (tertiary/aromatic N) is 2. The number of anilines is 2. The van der Waals surface area contributed by atoms with Gasteiger partial charge >= 0.3 is 0 Å². The van der Waals surface area contributed by atoms with Crippen molar-refractivity contribution in [2.75, 3.05) is 22.9 Å². The van der Waals surface area contributed by atoms with Gasteiger partial charge in [-0.3, -0.25) is 9.59 Å². The SMILES string of the molecule is CCCCCCCN1C(=O)C(O)(c2ccc(C3(O)C(=O)N(CCCCCCC)c4ccccc43)s2)c2ccccc21. The molecule has 0 spiro atoms. The molecule has 0 radical (unpaired) electrons. The minimum absolute atomic E-state index is 0.374. The van der Waals surface area contributed by atoms with Crippen LogP contribution in [0.15, 0.2) is 60.7 Å². The number of benzene rings is 2. The third-order valence-electron chi connectivity index (χ3n) is 8.57. The van der Waals surface area contributed by atoms with E-state index in [1.54, 1.807) is 34.1 Å². The van der Waals surface area contributed by atoms with E-state index < -0.39 is 11.2 Å². The lowest BCUT2D eigenvalue weighted by atomic mass is 9.92. The molecule has 2 aliphatic rings. The first kappa shape index (κ1) is 29.5. The molecule has 0 aliphatic carbocycles. The normalized spacial score (nSPS) is 21.6. The zero-order valence-electron chi connectivity index (χ0n) is 24.3. The van der Waals surface area contributed by atoms with Crippen molar-refractivity contribution < 1.29 is 19.8 Å². The Kier molecular flexibility index (Phi) is 8.97. The number of para-hydroxylation sites is 2. The van der Waals surface area contributed by atoms with E-state index in [0.717, 1.165) is 74.1 Å². The van der Waals surface area contributed by atoms with Gasteiger partial charge in [0.15, 0.2) is 0 Å². The maximum absolute atomic E-state index is 13.9. The molecule has 0 saturated heterocycles. The summed E-state index contributed by atoms with van der Waals surface area (Å²) in [6.45, 7) is 5.44. The molecule has 2 amide bonds. The molecule has 0 saturated carbocycles. The lowest BCUT2D eigenvalue weighted by Crippen LogP contribution is -2.41. The van der Waals surface area contributed by atoms with E-state index in [1.807, 2.05) is 36.4 Å². The summed E-state index contributed by atoms with van der Waals surface area (Å²) >= 11 is 1.14. The maximum atomic E-state index is 13.9. The second kappa shape index (κ2) is 12.5. The summed E-state index contributed by atoms with van der Waals surface area (Å²) in [5.74, 6) is -0.747. The Hall–Kier alpha value is -3.00. The number of unbranched alkanes of at least 4 members (excludes halogenated alkanes) is 8. The summed E-state index contributed by atoms with van der Waals surface area (Å²) in [5.41, 5.74) is -1.18. The third-order valence-corrected chi connectivity index (χ3v) is 9.87. The summed E-state index contributed by atoms with van der Waals surface area (Å²) in [5, 5.41) is 24.2. The molecular weight excluding hydrogens is 532 g/mol. The van der Waals surface area contributed by atoms with E-state index >= 15 is 0 Å². The Bertz CT molecular complexity index is 1280. The predicted octanol–water partition coefficient (Wildman–Crippen LogP) is 6.85. The Morgan fingerprint density at radius 2 is 0.976 bits per heavy atom. The van der Waals surface area contributed by atoms with Crippen LogP contribution in [0.1, 0.15) is 98.9 Å². The molecule has 218 valence electrons. The van der Waals surface area contributed by atoms with Gasteiger partial charge in [-0.15, -0.1) is 11.3 Å². The third kappa shape index (κ3) is 5.13. The lowest BCUT2D eigenvalue weighted by Gasteiger charge is -2.24. The van der Waals surface area contributed by atoms with E-state index in [1.165, 1.54) is 12.8 Å². The van der Waals surface area contributed by atoms with Crippen molar-refractivity contribution in [2.45, 2.75) is 89.3 Å². The van der Waals surface area contributed by atoms with E-state index in [4.69, 9.17) is 0 Å². The van der Waals surface area contributed by atoms with Crippen molar-refractivity contribution in [1.29, 1.82) is 0 Å². The first-order valence-corrected chi connectivity index (χ1v) is 16.1. The Morgan fingerprint density at radius 3 is 1.39 bits per heavy atom. The topological polar surface area (TPSA) is 81.1 Å². The number of fused-ring (bicyclic) bond motifs is 2. The molecule has 41 heavy (non-hydrogen) atoms. The number of hydrogen-bond acceptors (Lipinski definition) is 5. The standard InChI is InChI=1S/C34H42N2O4S/c1-3-5-7-9-15-23-35-27-19-13-11-17-25(27)33(39,31(35)37)29-21-22-30(41-29)34(40)26-18-12-14-20-28(26)36(32(34)38)24-16-10-8-6-4-2/h11-14,17-22,39-40H,3-10,15-16,23-24H2,1-2H3. The van der Waals surface area contributed by atoms with E-state index in [2.05, 4.69) is 13.8 Å². The van der Waals surface area contributed by atoms with Crippen molar-refractivity contribution in [3.63, 3.8) is 0 Å². The largest absolute Gasteiger partial charge is 0.371 e. The number of thiophene rings is 1. The molecule has 2 unspecified atom stereocenters. The first-order chi connectivity index (χ1) is 19.9. The average molecular weight is 575 g/mol. The molecule has 3 aromatic rings. The highest BCUT2D eigenvalue weighted by Gasteiger charge is 2.55. The van der Waals surface area contributed by atoms with Gasteiger partial charge in [-0.05, 0) is 37.1 Å². The van der Waals surface area contributed by atoms with Crippen LogP contribution in [0.5, 0.6) is 0 Å². The quantitative estimate of drug-likeness (QED) is 0.206. The number of hydrogen-bond donors (Lipinski definition) is 2. The molecule has 6 nitrogen and oxygen atoms in total. The van der Waals surface area contributed by atoms with Gasteiger partial charge < -0.3 is 20.0 Å². The van der Waals surface area contributed by atoms with Crippen LogP contribution >= 0.6 is 11.3 Å². The van der Waals surface area contributed by atoms with Crippen LogP contribution in [-0.4, -0.2) is 35.1 Å². The fraction of sp³-hybridized carbons (Fsp3) is 0.471. The van der Waals surface area contributed by atoms with Crippen LogP contribution in [0.25, 0.3) is 0 Å². The summed E-state index contributed by atoms with van der Waals surface area (Å²) in [7, 11) is 0. The number of aliphatic hydroxyl groups is 2. The molecular formula is C34H42N2O4S. The lowest BCUT2D eigenvalue weighted by molar-refractivity contribution is -0.132. The maximum Gasteiger partial charge on any atom is 0.269 e. The van der Waals surface area contributed by atoms with E-state index in [0.29, 0.717) is 34.0 Å². The molecule has 5 rings (SSSR count). The fourth-order valence-corrected chi connectivity index (χ4v) is 7.46. The van der Waals surface area contributed by atoms with Crippen LogP contribution in [0.4, 0.5) is 11.4 Å². The summed E-state index contributed by atoms with van der Waals surface area (Å²) in [6.07, 6.45) is 10.7. The predicted molar refractivity (Wildman–Crippen MR) is 165 cm³/mol. The summed E-state index contributed by atoms with van der Waals surface area (Å²) in [4.78, 5) is 32.0. The van der Waals surface area contributed by atoms with Gasteiger partial charge in [-0.1, -0.05) is 102 Å². The zero-order valence-corrected chi connectivity index (χ0v) is 25.1. The first-order valence-electron chi connectivity index (χ1n) is 15.3. The minimum atomic E-state index is -1.86. The van der Waals surface area contributed by atoms with Gasteiger partial charge in [0.05, 0.1) is 21.1 Å². The second-order valence-corrected chi connectivity index (χ2v) is 12.4. The van der Waals surface area contributed by atoms with Crippen molar-refractivity contribution in [3.8, 4) is 0 Å². The van der Waals surface area contributed by atoms with Crippen molar-refractivity contribution in [3.05, 3.63) is 81.5 Å². The Morgan fingerprint density at radius 1 is 0.585 bits per heavy atom. The van der Waals surface area contributed by atoms with Crippen LogP contribution in [0, 0.1) is 0 Å². The van der Waals surface area contributed by atoms with E-state index in [9.17, 15) is 19.8 Å². The number of carbonyl (C=O) groups excluding carboxylic acids is 2. The van der Waals surface area contributed by atoms with Crippen molar-refractivity contribution in [1.82, 2.24) is 0 Å². The molecule has 1 aromatic heterocycles. The second-order valence-electron chi connectivity index (χ2n) is 11.4. The van der Waals surface area contributed by atoms with Crippen LogP contribution in [0.2, 0.25) is 0 Å². The van der Waals surface area contributed by atoms with Gasteiger partial charge in [0.1, 0.15) is 0 Å². The van der Waals surface area contributed by atoms with Gasteiger partial charge in [0.2, 0.25) is 11.2 Å². The van der Waals surface area contributed by atoms with Gasteiger partial charge in [-0.2, -0.15) is 0 Å². The van der Waals surface area contributed by atoms with Gasteiger partial charge in [-0.25, -0.2) is 0 Å². The minimum Gasteiger partial charge on any atom is -0.371 e. The number of carbonyl (C=O) groups is 2. The highest BCUT2D eigenvalue weighted by molar-refractivity contribution is 7.12. The monoisotopic (exact) mass is 574 g/mol. The average Bonchev–Trinajstić information content (AvgIpc) is 3.64. The molecule has 7 heteroatoms. The summed E-state index contributed by atoms with van der Waals surface area (Å²) in [6, 6.07) is 18.2. The van der Waals surface area contributed by atoms with Gasteiger partial charge in [0.25, 0.3) is 11.8 Å². The molecule has 2 atom stereocenters. The smallest absolute Gasteiger partial charge is 0.269 e. The molecule has 3 heterocycles. The molecule has 0 bridgehead atoms. The number of amides is 2. The van der Waals surface area contributed by atoms with Crippen LogP contribution in [-0.2, 0) is 20.8 Å². The highest BCUT2D eigenvalue weighted by Crippen LogP contribution is 2.51. The Balaban J connectivity index is 1.43. The summed E-state index contributed by atoms with van der Waals surface area (Å²) < 4.78 is 0. The number of rotatable bonds is 14. The van der Waals surface area contributed by atoms with Crippen molar-refractivity contribution >= 4 is 34.5 Å². The molecule has 2 aliphatic heterocycles. The Labute approximate surface area is 247 Å². The highest BCUT2D eigenvalue weighted by atomic mass is 32.1. The molecule has 0 fully saturated rings. The van der Waals surface area contributed by atoms with Crippen molar-refractivity contribution in [2.24, 2.45) is 0 Å². The molecule has 2 aromatic carbocycles. The van der Waals surface area contributed by atoms with Crippen LogP contribution < -0.4 is 9.80 Å². The fourth-order valence-electron chi connectivity index (χ4n) is 6.26. The van der Waals surface area contributed by atoms with E-state index in [-0.39, 0.29) is 11.8 Å². The molecule has 2 N–H and O–H groups in total. The zero-order chi connectivity index (χ0) is 29.0. The van der Waals surface area contributed by atoms with Crippen LogP contribution in [0.3, 0.4) is 0 Å². The van der Waals surface area contributed by atoms with Gasteiger partial charge in [0, 0.05) is 24.2 Å².